The van der Waals surface area contributed by atoms with Crippen LogP contribution in [0.5, 0.6) is 5.75 Å². The number of hydrogen-bond donors (Lipinski definition) is 0. The fourth-order valence-electron chi connectivity index (χ4n) is 0.862. The Kier molecular flexibility index (Phi) is 3.20. The molecule has 0 atom stereocenters. The molecule has 64 valence electrons. The van der Waals surface area contributed by atoms with Gasteiger partial charge in [-0.1, -0.05) is 12.1 Å². The number of methoxy groups -OCH3 is 2. The van der Waals surface area contributed by atoms with Gasteiger partial charge in [0, 0.05) is 0 Å². The van der Waals surface area contributed by atoms with Crippen molar-refractivity contribution in [3.05, 3.63) is 36.1 Å². The molecular weight excluding hydrogens is 152 g/mol. The van der Waals surface area contributed by atoms with Crippen LogP contribution >= 0.6 is 0 Å². The molecule has 0 aliphatic carbocycles. The molecule has 1 rings (SSSR count). The normalized spacial score (nSPS) is 10.2. The van der Waals surface area contributed by atoms with Gasteiger partial charge in [0.25, 0.3) is 0 Å². The number of rotatable bonds is 3. The highest BCUT2D eigenvalue weighted by molar-refractivity contribution is 5.49. The van der Waals surface area contributed by atoms with Gasteiger partial charge in [0.2, 0.25) is 0 Å². The molecule has 0 heterocycles. The average molecular weight is 164 g/mol. The van der Waals surface area contributed by atoms with Crippen LogP contribution in [-0.4, -0.2) is 14.2 Å². The quantitative estimate of drug-likeness (QED) is 0.638. The zero-order valence-corrected chi connectivity index (χ0v) is 7.28. The Morgan fingerprint density at radius 3 is 2.25 bits per heavy atom. The van der Waals surface area contributed by atoms with Crippen LogP contribution in [-0.2, 0) is 4.74 Å². The van der Waals surface area contributed by atoms with Crippen molar-refractivity contribution in [3.8, 4) is 5.75 Å². The zero-order chi connectivity index (χ0) is 8.81. The maximum absolute atomic E-state index is 5.02. The molecule has 0 saturated carbocycles. The van der Waals surface area contributed by atoms with Crippen molar-refractivity contribution in [2.24, 2.45) is 0 Å². The summed E-state index contributed by atoms with van der Waals surface area (Å²) in [4.78, 5) is 0. The third-order valence-corrected chi connectivity index (χ3v) is 1.51. The first-order valence-electron chi connectivity index (χ1n) is 3.70. The minimum absolute atomic E-state index is 0.865. The molecule has 0 amide bonds. The van der Waals surface area contributed by atoms with Gasteiger partial charge >= 0.3 is 0 Å². The molecule has 0 fully saturated rings. The van der Waals surface area contributed by atoms with Gasteiger partial charge in [-0.25, -0.2) is 0 Å². The van der Waals surface area contributed by atoms with Crippen LogP contribution < -0.4 is 4.74 Å². The summed E-state index contributed by atoms with van der Waals surface area (Å²) in [5, 5.41) is 0. The van der Waals surface area contributed by atoms with Gasteiger partial charge in [0.05, 0.1) is 20.5 Å². The lowest BCUT2D eigenvalue weighted by Gasteiger charge is -1.98. The molecule has 0 radical (unpaired) electrons. The Bertz CT molecular complexity index is 249. The Morgan fingerprint density at radius 2 is 1.75 bits per heavy atom. The van der Waals surface area contributed by atoms with Crippen LogP contribution in [0.4, 0.5) is 0 Å². The monoisotopic (exact) mass is 164 g/mol. The lowest BCUT2D eigenvalue weighted by Crippen LogP contribution is -1.81. The van der Waals surface area contributed by atoms with Crippen molar-refractivity contribution in [2.75, 3.05) is 14.2 Å². The van der Waals surface area contributed by atoms with Gasteiger partial charge in [-0.2, -0.15) is 0 Å². The molecule has 0 aromatic heterocycles. The van der Waals surface area contributed by atoms with E-state index in [9.17, 15) is 0 Å². The molecule has 2 heteroatoms. The SMILES string of the molecule is CO/C=C\c1ccc(OC)cc1. The summed E-state index contributed by atoms with van der Waals surface area (Å²) < 4.78 is 9.81. The van der Waals surface area contributed by atoms with Crippen LogP contribution in [0.3, 0.4) is 0 Å². The summed E-state index contributed by atoms with van der Waals surface area (Å²) in [6.45, 7) is 0. The summed E-state index contributed by atoms with van der Waals surface area (Å²) >= 11 is 0. The molecule has 2 nitrogen and oxygen atoms in total. The third-order valence-electron chi connectivity index (χ3n) is 1.51. The molecule has 0 aliphatic heterocycles. The topological polar surface area (TPSA) is 18.5 Å². The molecule has 0 bridgehead atoms. The average Bonchev–Trinajstić information content (AvgIpc) is 2.15. The van der Waals surface area contributed by atoms with Gasteiger partial charge in [-0.05, 0) is 23.8 Å². The first-order valence-corrected chi connectivity index (χ1v) is 3.70. The second-order valence-corrected chi connectivity index (χ2v) is 2.31. The predicted molar refractivity (Wildman–Crippen MR) is 49.0 cm³/mol. The molecule has 0 unspecified atom stereocenters. The third kappa shape index (κ3) is 2.31. The van der Waals surface area contributed by atoms with Crippen LogP contribution in [0.2, 0.25) is 0 Å². The maximum atomic E-state index is 5.02. The summed E-state index contributed by atoms with van der Waals surface area (Å²) in [6, 6.07) is 7.76. The van der Waals surface area contributed by atoms with Gasteiger partial charge < -0.3 is 9.47 Å². The Hall–Kier alpha value is -1.44. The van der Waals surface area contributed by atoms with Crippen molar-refractivity contribution in [3.63, 3.8) is 0 Å². The first kappa shape index (κ1) is 8.65. The molecule has 0 spiro atoms. The van der Waals surface area contributed by atoms with E-state index in [1.165, 1.54) is 0 Å². The number of benzene rings is 1. The predicted octanol–water partition coefficient (Wildman–Crippen LogP) is 2.31. The molecule has 1 aromatic carbocycles. The number of hydrogen-bond acceptors (Lipinski definition) is 2. The van der Waals surface area contributed by atoms with Gasteiger partial charge in [-0.15, -0.1) is 0 Å². The lowest BCUT2D eigenvalue weighted by atomic mass is 10.2. The van der Waals surface area contributed by atoms with Crippen molar-refractivity contribution < 1.29 is 9.47 Å². The van der Waals surface area contributed by atoms with E-state index in [0.29, 0.717) is 0 Å². The Labute approximate surface area is 72.4 Å². The highest BCUT2D eigenvalue weighted by atomic mass is 16.5. The van der Waals surface area contributed by atoms with E-state index >= 15 is 0 Å². The van der Waals surface area contributed by atoms with Gasteiger partial charge in [-0.3, -0.25) is 0 Å². The van der Waals surface area contributed by atoms with Crippen molar-refractivity contribution in [1.29, 1.82) is 0 Å². The van der Waals surface area contributed by atoms with E-state index in [2.05, 4.69) is 0 Å². The standard InChI is InChI=1S/C10H12O2/c1-11-8-7-9-3-5-10(12-2)6-4-9/h3-8H,1-2H3/b8-7-. The maximum Gasteiger partial charge on any atom is 0.118 e. The molecular formula is C10H12O2. The molecule has 12 heavy (non-hydrogen) atoms. The van der Waals surface area contributed by atoms with E-state index < -0.39 is 0 Å². The van der Waals surface area contributed by atoms with Crippen molar-refractivity contribution in [1.82, 2.24) is 0 Å². The van der Waals surface area contributed by atoms with Crippen molar-refractivity contribution in [2.45, 2.75) is 0 Å². The summed E-state index contributed by atoms with van der Waals surface area (Å²) in [5.74, 6) is 0.865. The number of ether oxygens (including phenoxy) is 2. The van der Waals surface area contributed by atoms with Crippen LogP contribution in [0.25, 0.3) is 6.08 Å². The van der Waals surface area contributed by atoms with Crippen LogP contribution in [0, 0.1) is 0 Å². The molecule has 0 saturated heterocycles. The minimum atomic E-state index is 0.865. The molecule has 0 aliphatic rings. The second kappa shape index (κ2) is 4.44. The summed E-state index contributed by atoms with van der Waals surface area (Å²) in [7, 11) is 3.28. The lowest BCUT2D eigenvalue weighted by molar-refractivity contribution is 0.341. The molecule has 1 aromatic rings. The summed E-state index contributed by atoms with van der Waals surface area (Å²) in [6.07, 6.45) is 3.53. The van der Waals surface area contributed by atoms with Crippen LogP contribution in [0.15, 0.2) is 30.5 Å². The summed E-state index contributed by atoms with van der Waals surface area (Å²) in [5.41, 5.74) is 1.10. The van der Waals surface area contributed by atoms with E-state index in [4.69, 9.17) is 9.47 Å². The second-order valence-electron chi connectivity index (χ2n) is 2.31. The van der Waals surface area contributed by atoms with Crippen molar-refractivity contribution >= 4 is 6.08 Å². The van der Waals surface area contributed by atoms with Gasteiger partial charge in [0.15, 0.2) is 0 Å². The highest BCUT2D eigenvalue weighted by Gasteiger charge is 1.88. The van der Waals surface area contributed by atoms with E-state index in [1.54, 1.807) is 20.5 Å². The highest BCUT2D eigenvalue weighted by Crippen LogP contribution is 2.11. The van der Waals surface area contributed by atoms with E-state index in [-0.39, 0.29) is 0 Å². The first-order chi connectivity index (χ1) is 5.86. The molecule has 0 N–H and O–H groups in total. The largest absolute Gasteiger partial charge is 0.504 e. The van der Waals surface area contributed by atoms with Crippen LogP contribution in [0.1, 0.15) is 5.56 Å². The zero-order valence-electron chi connectivity index (χ0n) is 7.28. The minimum Gasteiger partial charge on any atom is -0.504 e. The van der Waals surface area contributed by atoms with Gasteiger partial charge in [0.1, 0.15) is 5.75 Å². The smallest absolute Gasteiger partial charge is 0.118 e. The van der Waals surface area contributed by atoms with E-state index in [1.807, 2.05) is 30.3 Å². The fraction of sp³-hybridized carbons (Fsp3) is 0.200. The van der Waals surface area contributed by atoms with E-state index in [0.717, 1.165) is 11.3 Å². The fourth-order valence-corrected chi connectivity index (χ4v) is 0.862. The Morgan fingerprint density at radius 1 is 1.08 bits per heavy atom. The Balaban J connectivity index is 2.71.